The Kier molecular flexibility index (Phi) is 5.86. The van der Waals surface area contributed by atoms with E-state index in [1.807, 2.05) is 0 Å². The molecule has 3 aromatic rings. The van der Waals surface area contributed by atoms with E-state index in [4.69, 9.17) is 0 Å². The maximum atomic E-state index is 12.6. The number of H-pyrrole nitrogens is 1. The van der Waals surface area contributed by atoms with Crippen LogP contribution in [0.25, 0.3) is 10.9 Å². The average Bonchev–Trinajstić information content (AvgIpc) is 3.11. The topological polar surface area (TPSA) is 86.5 Å². The van der Waals surface area contributed by atoms with Crippen LogP contribution in [0.2, 0.25) is 0 Å². The standard InChI is InChI=1S/C20H19F3N4O3/c1-27(2)19(29)25-13-6-3-5-12(9-13)11-24-18(28)16-10-14-15(26-16)7-4-8-17(14)30-20(21,22)23/h3-10,26H,11H2,1-2H3,(H,24,28)(H,25,29). The van der Waals surface area contributed by atoms with Gasteiger partial charge in [-0.3, -0.25) is 4.79 Å². The molecule has 0 bridgehead atoms. The number of amides is 3. The molecule has 10 heteroatoms. The predicted molar refractivity (Wildman–Crippen MR) is 105 cm³/mol. The van der Waals surface area contributed by atoms with Gasteiger partial charge in [-0.15, -0.1) is 13.2 Å². The van der Waals surface area contributed by atoms with Crippen molar-refractivity contribution in [1.82, 2.24) is 15.2 Å². The van der Waals surface area contributed by atoms with E-state index >= 15 is 0 Å². The Bertz CT molecular complexity index is 1080. The molecule has 0 saturated heterocycles. The number of alkyl halides is 3. The quantitative estimate of drug-likeness (QED) is 0.581. The van der Waals surface area contributed by atoms with Gasteiger partial charge in [0.2, 0.25) is 0 Å². The third-order valence-electron chi connectivity index (χ3n) is 4.13. The van der Waals surface area contributed by atoms with E-state index in [9.17, 15) is 22.8 Å². The van der Waals surface area contributed by atoms with Crippen LogP contribution in [0.3, 0.4) is 0 Å². The van der Waals surface area contributed by atoms with Crippen LogP contribution in [0.1, 0.15) is 16.1 Å². The summed E-state index contributed by atoms with van der Waals surface area (Å²) >= 11 is 0. The van der Waals surface area contributed by atoms with Crippen molar-refractivity contribution in [3.63, 3.8) is 0 Å². The number of benzene rings is 2. The fourth-order valence-electron chi connectivity index (χ4n) is 2.74. The molecule has 0 aliphatic heterocycles. The Morgan fingerprint density at radius 3 is 2.53 bits per heavy atom. The number of carbonyl (C=O) groups excluding carboxylic acids is 2. The number of nitrogens with one attached hydrogen (secondary N) is 3. The van der Waals surface area contributed by atoms with E-state index in [1.165, 1.54) is 23.1 Å². The number of aromatic amines is 1. The summed E-state index contributed by atoms with van der Waals surface area (Å²) in [5.74, 6) is -0.883. The lowest BCUT2D eigenvalue weighted by molar-refractivity contribution is -0.274. The van der Waals surface area contributed by atoms with Crippen LogP contribution in [0.15, 0.2) is 48.5 Å². The number of ether oxygens (including phenoxy) is 1. The Morgan fingerprint density at radius 1 is 1.10 bits per heavy atom. The summed E-state index contributed by atoms with van der Waals surface area (Å²) in [6, 6.07) is 12.1. The van der Waals surface area contributed by atoms with Gasteiger partial charge >= 0.3 is 12.4 Å². The van der Waals surface area contributed by atoms with E-state index in [1.54, 1.807) is 44.4 Å². The number of nitrogens with zero attached hydrogens (tertiary/aromatic N) is 1. The van der Waals surface area contributed by atoms with E-state index in [0.717, 1.165) is 5.56 Å². The molecule has 3 amide bonds. The van der Waals surface area contributed by atoms with Gasteiger partial charge in [-0.25, -0.2) is 4.79 Å². The summed E-state index contributed by atoms with van der Waals surface area (Å²) in [5, 5.41) is 5.54. The number of carbonyl (C=O) groups is 2. The number of hydrogen-bond acceptors (Lipinski definition) is 3. The van der Waals surface area contributed by atoms with Gasteiger partial charge in [-0.1, -0.05) is 18.2 Å². The minimum Gasteiger partial charge on any atom is -0.405 e. The summed E-state index contributed by atoms with van der Waals surface area (Å²) < 4.78 is 41.7. The Morgan fingerprint density at radius 2 is 1.83 bits per heavy atom. The molecule has 30 heavy (non-hydrogen) atoms. The lowest BCUT2D eigenvalue weighted by Gasteiger charge is -2.13. The van der Waals surface area contributed by atoms with Gasteiger partial charge in [0.15, 0.2) is 0 Å². The number of hydrogen-bond donors (Lipinski definition) is 3. The molecule has 0 radical (unpaired) electrons. The maximum absolute atomic E-state index is 12.6. The summed E-state index contributed by atoms with van der Waals surface area (Å²) in [6.07, 6.45) is -4.83. The second-order valence-electron chi connectivity index (χ2n) is 6.66. The average molecular weight is 420 g/mol. The number of halogens is 3. The van der Waals surface area contributed by atoms with Crippen LogP contribution >= 0.6 is 0 Å². The predicted octanol–water partition coefficient (Wildman–Crippen LogP) is 4.09. The zero-order valence-electron chi connectivity index (χ0n) is 16.1. The first-order valence-electron chi connectivity index (χ1n) is 8.85. The van der Waals surface area contributed by atoms with Gasteiger partial charge in [0, 0.05) is 37.2 Å². The molecule has 0 unspecified atom stereocenters. The molecule has 0 fully saturated rings. The summed E-state index contributed by atoms with van der Waals surface area (Å²) in [7, 11) is 3.23. The molecule has 1 aromatic heterocycles. The van der Waals surface area contributed by atoms with Gasteiger partial charge in [0.1, 0.15) is 11.4 Å². The molecular weight excluding hydrogens is 401 g/mol. The SMILES string of the molecule is CN(C)C(=O)Nc1cccc(CNC(=O)c2cc3c(OC(F)(F)F)cccc3[nH]2)c1. The second-order valence-corrected chi connectivity index (χ2v) is 6.66. The monoisotopic (exact) mass is 420 g/mol. The zero-order valence-corrected chi connectivity index (χ0v) is 16.1. The van der Waals surface area contributed by atoms with Gasteiger partial charge in [-0.05, 0) is 35.9 Å². The summed E-state index contributed by atoms with van der Waals surface area (Å²) in [6.45, 7) is 0.159. The van der Waals surface area contributed by atoms with Crippen LogP contribution in [-0.2, 0) is 6.54 Å². The van der Waals surface area contributed by atoms with Crippen LogP contribution in [0.5, 0.6) is 5.75 Å². The van der Waals surface area contributed by atoms with Crippen molar-refractivity contribution in [2.45, 2.75) is 12.9 Å². The normalized spacial score (nSPS) is 11.2. The molecule has 7 nitrogen and oxygen atoms in total. The van der Waals surface area contributed by atoms with E-state index < -0.39 is 12.3 Å². The molecule has 158 valence electrons. The molecular formula is C20H19F3N4O3. The smallest absolute Gasteiger partial charge is 0.405 e. The molecule has 1 heterocycles. The number of aromatic nitrogens is 1. The van der Waals surface area contributed by atoms with E-state index in [0.29, 0.717) is 11.2 Å². The van der Waals surface area contributed by atoms with Crippen molar-refractivity contribution in [2.75, 3.05) is 19.4 Å². The van der Waals surface area contributed by atoms with E-state index in [-0.39, 0.29) is 29.4 Å². The van der Waals surface area contributed by atoms with Crippen molar-refractivity contribution in [3.8, 4) is 5.75 Å². The zero-order chi connectivity index (χ0) is 21.9. The Labute approximate surface area is 169 Å². The highest BCUT2D eigenvalue weighted by atomic mass is 19.4. The molecule has 2 aromatic carbocycles. The number of anilines is 1. The lowest BCUT2D eigenvalue weighted by Crippen LogP contribution is -2.27. The van der Waals surface area contributed by atoms with Gasteiger partial charge in [-0.2, -0.15) is 0 Å². The van der Waals surface area contributed by atoms with E-state index in [2.05, 4.69) is 20.4 Å². The maximum Gasteiger partial charge on any atom is 0.573 e. The largest absolute Gasteiger partial charge is 0.573 e. The van der Waals surface area contributed by atoms with Crippen molar-refractivity contribution < 1.29 is 27.5 Å². The van der Waals surface area contributed by atoms with Gasteiger partial charge in [0.05, 0.1) is 0 Å². The van der Waals surface area contributed by atoms with Crippen LogP contribution < -0.4 is 15.4 Å². The lowest BCUT2D eigenvalue weighted by atomic mass is 10.2. The highest BCUT2D eigenvalue weighted by Gasteiger charge is 2.32. The molecule has 0 aliphatic carbocycles. The molecule has 0 aliphatic rings. The molecule has 3 N–H and O–H groups in total. The van der Waals surface area contributed by atoms with Crippen molar-refractivity contribution in [2.24, 2.45) is 0 Å². The Hall–Kier alpha value is -3.69. The number of rotatable bonds is 5. The first-order valence-corrected chi connectivity index (χ1v) is 8.85. The van der Waals surface area contributed by atoms with Crippen LogP contribution in [-0.4, -0.2) is 42.3 Å². The Balaban J connectivity index is 1.70. The first kappa shape index (κ1) is 21.0. The molecule has 0 atom stereocenters. The molecule has 3 rings (SSSR count). The minimum atomic E-state index is -4.83. The minimum absolute atomic E-state index is 0.0975. The summed E-state index contributed by atoms with van der Waals surface area (Å²) in [4.78, 5) is 28.4. The molecule has 0 saturated carbocycles. The van der Waals surface area contributed by atoms with Crippen LogP contribution in [0, 0.1) is 0 Å². The highest BCUT2D eigenvalue weighted by molar-refractivity contribution is 5.99. The number of urea groups is 1. The summed E-state index contributed by atoms with van der Waals surface area (Å²) in [5.41, 5.74) is 1.74. The number of fused-ring (bicyclic) bond motifs is 1. The fraction of sp³-hybridized carbons (Fsp3) is 0.200. The van der Waals surface area contributed by atoms with Gasteiger partial charge < -0.3 is 25.3 Å². The first-order chi connectivity index (χ1) is 14.1. The van der Waals surface area contributed by atoms with Crippen molar-refractivity contribution in [3.05, 3.63) is 59.8 Å². The van der Waals surface area contributed by atoms with Crippen molar-refractivity contribution in [1.29, 1.82) is 0 Å². The fourth-order valence-corrected chi connectivity index (χ4v) is 2.74. The van der Waals surface area contributed by atoms with Gasteiger partial charge in [0.25, 0.3) is 5.91 Å². The highest BCUT2D eigenvalue weighted by Crippen LogP contribution is 2.31. The second kappa shape index (κ2) is 8.36. The third kappa shape index (κ3) is 5.22. The van der Waals surface area contributed by atoms with Crippen molar-refractivity contribution >= 4 is 28.5 Å². The third-order valence-corrected chi connectivity index (χ3v) is 4.13. The van der Waals surface area contributed by atoms with Crippen LogP contribution in [0.4, 0.5) is 23.7 Å². The molecule has 0 spiro atoms.